The maximum absolute atomic E-state index is 13.8. The number of halogens is 3. The minimum absolute atomic E-state index is 0.157. The molecule has 4 aromatic rings. The Balaban J connectivity index is 1.16. The lowest BCUT2D eigenvalue weighted by atomic mass is 9.86. The van der Waals surface area contributed by atoms with E-state index < -0.39 is 24.1 Å². The first-order chi connectivity index (χ1) is 24.2. The lowest BCUT2D eigenvalue weighted by Crippen LogP contribution is -2.52. The fourth-order valence-corrected chi connectivity index (χ4v) is 7.10. The van der Waals surface area contributed by atoms with Crippen molar-refractivity contribution in [1.82, 2.24) is 10.2 Å². The number of aromatic amines is 1. The molecule has 3 aliphatic rings. The Kier molecular flexibility index (Phi) is 11.5. The molecular weight excluding hydrogens is 684 g/mol. The number of carbonyl (C=O) groups is 2. The molecule has 1 unspecified atom stereocenters. The van der Waals surface area contributed by atoms with Crippen molar-refractivity contribution in [2.24, 2.45) is 5.92 Å². The zero-order valence-electron chi connectivity index (χ0n) is 27.8. The van der Waals surface area contributed by atoms with Gasteiger partial charge in [0.1, 0.15) is 34.1 Å². The number of rotatable bonds is 13. The van der Waals surface area contributed by atoms with Crippen molar-refractivity contribution < 1.29 is 37.9 Å². The molecule has 9 nitrogen and oxygen atoms in total. The lowest BCUT2D eigenvalue weighted by molar-refractivity contribution is -0.377. The average Bonchev–Trinajstić information content (AvgIpc) is 3.14. The van der Waals surface area contributed by atoms with Gasteiger partial charge < -0.3 is 18.9 Å². The van der Waals surface area contributed by atoms with Crippen molar-refractivity contribution >= 4 is 35.1 Å². The number of piperidine rings is 3. The van der Waals surface area contributed by atoms with Crippen LogP contribution < -0.4 is 19.8 Å². The van der Waals surface area contributed by atoms with Crippen LogP contribution in [-0.2, 0) is 27.2 Å². The number of benzene rings is 3. The SMILES string of the molecule is COc1ccc([C@H](Cc2c(Cl)c[nH+]cc2Cl)OC(=O)c2ccc(CNC(C(=O)O[C@H]3CN4CCC3CC4)c3ccc(F)cc3)cc2)cc1OC. The van der Waals surface area contributed by atoms with Crippen LogP contribution in [0.5, 0.6) is 11.5 Å². The summed E-state index contributed by atoms with van der Waals surface area (Å²) in [7, 11) is 3.07. The fraction of sp³-hybridized carbons (Fsp3) is 0.342. The fourth-order valence-electron chi connectivity index (χ4n) is 6.57. The van der Waals surface area contributed by atoms with E-state index in [0.29, 0.717) is 56.3 Å². The monoisotopic (exact) mass is 722 g/mol. The molecule has 4 heterocycles. The van der Waals surface area contributed by atoms with Crippen LogP contribution in [0.2, 0.25) is 10.0 Å². The summed E-state index contributed by atoms with van der Waals surface area (Å²) in [6.07, 6.45) is 4.54. The van der Waals surface area contributed by atoms with E-state index in [0.717, 1.165) is 38.0 Å². The maximum Gasteiger partial charge on any atom is 0.338 e. The van der Waals surface area contributed by atoms with E-state index in [-0.39, 0.29) is 18.3 Å². The molecule has 3 saturated heterocycles. The van der Waals surface area contributed by atoms with Crippen LogP contribution in [0.3, 0.4) is 0 Å². The summed E-state index contributed by atoms with van der Waals surface area (Å²) in [5, 5.41) is 4.10. The first-order valence-corrected chi connectivity index (χ1v) is 17.3. The second-order valence-electron chi connectivity index (χ2n) is 12.5. The largest absolute Gasteiger partial charge is 0.493 e. The zero-order valence-corrected chi connectivity index (χ0v) is 29.3. The van der Waals surface area contributed by atoms with Gasteiger partial charge in [-0.15, -0.1) is 0 Å². The number of nitrogens with one attached hydrogen (secondary N) is 2. The number of nitrogens with zero attached hydrogens (tertiary/aromatic N) is 1. The highest BCUT2D eigenvalue weighted by Crippen LogP contribution is 2.36. The van der Waals surface area contributed by atoms with Gasteiger partial charge in [0.15, 0.2) is 23.9 Å². The Morgan fingerprint density at radius 2 is 1.58 bits per heavy atom. The summed E-state index contributed by atoms with van der Waals surface area (Å²) in [6.45, 7) is 3.10. The zero-order chi connectivity index (χ0) is 35.2. The summed E-state index contributed by atoms with van der Waals surface area (Å²) >= 11 is 12.9. The highest BCUT2D eigenvalue weighted by atomic mass is 35.5. The molecule has 1 aromatic heterocycles. The molecule has 0 aliphatic carbocycles. The maximum atomic E-state index is 13.8. The molecule has 0 radical (unpaired) electrons. The van der Waals surface area contributed by atoms with E-state index >= 15 is 0 Å². The smallest absolute Gasteiger partial charge is 0.338 e. The number of aromatic nitrogens is 1. The van der Waals surface area contributed by atoms with Crippen LogP contribution in [0, 0.1) is 11.7 Å². The molecule has 50 heavy (non-hydrogen) atoms. The van der Waals surface area contributed by atoms with Crippen LogP contribution in [0.25, 0.3) is 0 Å². The Hall–Kier alpha value is -4.22. The van der Waals surface area contributed by atoms with Gasteiger partial charge in [-0.3, -0.25) is 10.2 Å². The Morgan fingerprint density at radius 3 is 2.20 bits per heavy atom. The van der Waals surface area contributed by atoms with E-state index in [4.69, 9.17) is 42.1 Å². The van der Waals surface area contributed by atoms with Crippen molar-refractivity contribution in [1.29, 1.82) is 0 Å². The molecule has 262 valence electrons. The normalized spacial score (nSPS) is 19.3. The molecule has 12 heteroatoms. The average molecular weight is 724 g/mol. The van der Waals surface area contributed by atoms with Gasteiger partial charge in [-0.2, -0.15) is 0 Å². The van der Waals surface area contributed by atoms with Gasteiger partial charge in [-0.05, 0) is 84.9 Å². The highest BCUT2D eigenvalue weighted by molar-refractivity contribution is 6.35. The number of fused-ring (bicyclic) bond motifs is 3. The summed E-state index contributed by atoms with van der Waals surface area (Å²) in [5.74, 6) is 0.0367. The molecule has 0 saturated carbocycles. The molecular formula is C38H39Cl2FN3O6+. The van der Waals surface area contributed by atoms with Crippen LogP contribution in [0.4, 0.5) is 4.39 Å². The number of hydrogen-bond acceptors (Lipinski definition) is 8. The first kappa shape index (κ1) is 35.6. The summed E-state index contributed by atoms with van der Waals surface area (Å²) in [5.41, 5.74) is 3.03. The molecule has 3 fully saturated rings. The highest BCUT2D eigenvalue weighted by Gasteiger charge is 2.38. The van der Waals surface area contributed by atoms with Gasteiger partial charge in [0, 0.05) is 25.1 Å². The molecule has 7 rings (SSSR count). The van der Waals surface area contributed by atoms with Crippen LogP contribution in [0.15, 0.2) is 79.1 Å². The van der Waals surface area contributed by atoms with Gasteiger partial charge >= 0.3 is 11.9 Å². The molecule has 3 aliphatic heterocycles. The third-order valence-electron chi connectivity index (χ3n) is 9.42. The Morgan fingerprint density at radius 1 is 0.920 bits per heavy atom. The Labute approximate surface area is 300 Å². The van der Waals surface area contributed by atoms with Crippen LogP contribution in [0.1, 0.15) is 57.6 Å². The van der Waals surface area contributed by atoms with Crippen molar-refractivity contribution in [2.45, 2.75) is 44.1 Å². The van der Waals surface area contributed by atoms with Gasteiger partial charge in [0.25, 0.3) is 0 Å². The minimum Gasteiger partial charge on any atom is -0.493 e. The molecule has 0 amide bonds. The van der Waals surface area contributed by atoms with Gasteiger partial charge in [-0.25, -0.2) is 19.0 Å². The predicted molar refractivity (Wildman–Crippen MR) is 186 cm³/mol. The topological polar surface area (TPSA) is 100 Å². The van der Waals surface area contributed by atoms with Gasteiger partial charge in [0.2, 0.25) is 0 Å². The van der Waals surface area contributed by atoms with Crippen LogP contribution in [-0.4, -0.2) is 56.8 Å². The summed E-state index contributed by atoms with van der Waals surface area (Å²) in [4.78, 5) is 32.3. The third-order valence-corrected chi connectivity index (χ3v) is 10.1. The number of carbonyl (C=O) groups excluding carboxylic acids is 2. The molecule has 3 aromatic carbocycles. The second kappa shape index (κ2) is 16.2. The number of H-pyrrole nitrogens is 1. The second-order valence-corrected chi connectivity index (χ2v) is 13.3. The van der Waals surface area contributed by atoms with Crippen molar-refractivity contribution in [3.8, 4) is 11.5 Å². The van der Waals surface area contributed by atoms with E-state index in [1.165, 1.54) is 19.2 Å². The molecule has 2 N–H and O–H groups in total. The van der Waals surface area contributed by atoms with Crippen molar-refractivity contribution in [3.05, 3.63) is 123 Å². The van der Waals surface area contributed by atoms with Crippen molar-refractivity contribution in [3.63, 3.8) is 0 Å². The number of pyridine rings is 1. The summed E-state index contributed by atoms with van der Waals surface area (Å²) < 4.78 is 36.7. The molecule has 3 atom stereocenters. The minimum atomic E-state index is -0.799. The standard InChI is InChI=1S/C38H38Cl2FN3O6/c1-47-32-12-9-27(17-34(32)48-2)33(18-29-30(39)20-42-21-31(29)40)49-37(45)26-5-3-23(4-6-26)19-43-36(25-7-10-28(41)11-8-25)38(46)50-35-22-44-15-13-24(35)14-16-44/h3-12,17,20-21,24,33,35-36,43H,13-16,18-19,22H2,1-2H3/p+1/t33-,35-,36?/m0/s1. The van der Waals surface area contributed by atoms with E-state index in [2.05, 4.69) is 15.2 Å². The number of methoxy groups -OCH3 is 2. The number of ether oxygens (including phenoxy) is 4. The van der Waals surface area contributed by atoms with Gasteiger partial charge in [-0.1, -0.05) is 53.5 Å². The summed E-state index contributed by atoms with van der Waals surface area (Å²) in [6, 6.07) is 17.2. The number of esters is 2. The molecule has 0 spiro atoms. The predicted octanol–water partition coefficient (Wildman–Crippen LogP) is 6.57. The van der Waals surface area contributed by atoms with E-state index in [1.54, 1.807) is 74.1 Å². The Bertz CT molecular complexity index is 1780. The van der Waals surface area contributed by atoms with E-state index in [9.17, 15) is 14.0 Å². The lowest BCUT2D eigenvalue weighted by Gasteiger charge is -2.44. The van der Waals surface area contributed by atoms with E-state index in [1.807, 2.05) is 0 Å². The van der Waals surface area contributed by atoms with Crippen molar-refractivity contribution in [2.75, 3.05) is 33.9 Å². The third kappa shape index (κ3) is 8.38. The quantitative estimate of drug-likeness (QED) is 0.155. The molecule has 2 bridgehead atoms. The first-order valence-electron chi connectivity index (χ1n) is 16.5. The van der Waals surface area contributed by atoms with Gasteiger partial charge in [0.05, 0.1) is 19.8 Å². The number of hydrogen-bond donors (Lipinski definition) is 1. The van der Waals surface area contributed by atoms with Crippen LogP contribution >= 0.6 is 23.2 Å².